The summed E-state index contributed by atoms with van der Waals surface area (Å²) in [5.41, 5.74) is 9.73. The van der Waals surface area contributed by atoms with E-state index in [0.29, 0.717) is 18.7 Å². The minimum Gasteiger partial charge on any atom is -0.480 e. The average Bonchev–Trinajstić information content (AvgIpc) is 3.15. The number of carbonyl (C=O) groups is 2. The van der Waals surface area contributed by atoms with Crippen LogP contribution in [0.25, 0.3) is 10.9 Å². The Labute approximate surface area is 181 Å². The summed E-state index contributed by atoms with van der Waals surface area (Å²) in [6.07, 6.45) is 4.31. The number of nitrogens with one attached hydrogen (secondary N) is 2. The molecule has 0 unspecified atom stereocenters. The molecule has 0 saturated heterocycles. The number of carbonyl (C=O) groups excluding carboxylic acids is 1. The van der Waals surface area contributed by atoms with Crippen LogP contribution in [0.1, 0.15) is 23.1 Å². The first-order chi connectivity index (χ1) is 14.4. The van der Waals surface area contributed by atoms with Gasteiger partial charge in [-0.15, -0.1) is 0 Å². The van der Waals surface area contributed by atoms with Crippen LogP contribution in [0.3, 0.4) is 0 Å². The zero-order valence-electron chi connectivity index (χ0n) is 17.4. The van der Waals surface area contributed by atoms with E-state index in [0.717, 1.165) is 16.5 Å². The highest BCUT2D eigenvalue weighted by Gasteiger charge is 2.21. The number of carboxylic acid groups (broad SMARTS) is 1. The number of hydrogen-bond donors (Lipinski definition) is 4. The summed E-state index contributed by atoms with van der Waals surface area (Å²) in [6.45, 7) is 2.71. The molecule has 3 rings (SSSR count). The lowest BCUT2D eigenvalue weighted by Gasteiger charge is -2.14. The van der Waals surface area contributed by atoms with E-state index in [1.807, 2.05) is 30.5 Å². The summed E-state index contributed by atoms with van der Waals surface area (Å²) in [4.78, 5) is 26.2. The van der Waals surface area contributed by atoms with Crippen molar-refractivity contribution in [1.29, 1.82) is 0 Å². The van der Waals surface area contributed by atoms with Gasteiger partial charge in [0.25, 0.3) is 0 Å². The number of H-pyrrole nitrogens is 1. The van der Waals surface area contributed by atoms with Crippen LogP contribution < -0.4 is 11.1 Å². The van der Waals surface area contributed by atoms with Crippen molar-refractivity contribution in [2.24, 2.45) is 5.73 Å². The van der Waals surface area contributed by atoms with Gasteiger partial charge in [-0.1, -0.05) is 48.0 Å². The molecule has 30 heavy (non-hydrogen) atoms. The van der Waals surface area contributed by atoms with Gasteiger partial charge in [0.15, 0.2) is 0 Å². The highest BCUT2D eigenvalue weighted by Crippen LogP contribution is 2.19. The van der Waals surface area contributed by atoms with Crippen LogP contribution in [-0.4, -0.2) is 40.0 Å². The number of rotatable bonds is 8. The third-order valence-electron chi connectivity index (χ3n) is 4.62. The zero-order chi connectivity index (χ0) is 21.9. The van der Waals surface area contributed by atoms with E-state index in [9.17, 15) is 14.7 Å². The van der Waals surface area contributed by atoms with Crippen molar-refractivity contribution >= 4 is 34.5 Å². The second-order valence-electron chi connectivity index (χ2n) is 6.95. The van der Waals surface area contributed by atoms with Gasteiger partial charge in [0, 0.05) is 42.2 Å². The van der Waals surface area contributed by atoms with E-state index >= 15 is 0 Å². The molecule has 2 aromatic carbocycles. The number of aliphatic carboxylic acids is 1. The van der Waals surface area contributed by atoms with Crippen molar-refractivity contribution in [3.05, 3.63) is 71.4 Å². The number of benzene rings is 2. The van der Waals surface area contributed by atoms with Crippen LogP contribution in [0.2, 0.25) is 0 Å². The number of hydrogen-bond acceptors (Lipinski definition) is 4. The van der Waals surface area contributed by atoms with E-state index in [1.165, 1.54) is 11.1 Å². The maximum absolute atomic E-state index is 11.7. The Hall–Kier alpha value is -2.77. The Bertz CT molecular complexity index is 954. The quantitative estimate of drug-likeness (QED) is 0.440. The summed E-state index contributed by atoms with van der Waals surface area (Å²) in [5.74, 6) is -0.556. The Morgan fingerprint density at radius 2 is 1.87 bits per heavy atom. The molecule has 7 heteroatoms. The third-order valence-corrected chi connectivity index (χ3v) is 5.23. The molecular formula is C23H29N3O3S. The third kappa shape index (κ3) is 7.24. The van der Waals surface area contributed by atoms with E-state index in [1.54, 1.807) is 18.0 Å². The normalized spacial score (nSPS) is 11.4. The maximum Gasteiger partial charge on any atom is 0.326 e. The summed E-state index contributed by atoms with van der Waals surface area (Å²) in [6, 6.07) is 15.0. The lowest BCUT2D eigenvalue weighted by atomic mass is 10.0. The number of aromatic nitrogens is 1. The smallest absolute Gasteiger partial charge is 0.326 e. The second-order valence-corrected chi connectivity index (χ2v) is 7.94. The van der Waals surface area contributed by atoms with Gasteiger partial charge in [0.1, 0.15) is 6.04 Å². The van der Waals surface area contributed by atoms with Crippen molar-refractivity contribution in [1.82, 2.24) is 10.3 Å². The van der Waals surface area contributed by atoms with E-state index in [-0.39, 0.29) is 12.3 Å². The van der Waals surface area contributed by atoms with E-state index in [2.05, 4.69) is 41.5 Å². The number of aryl methyl sites for hydroxylation is 1. The number of fused-ring (bicyclic) bond motifs is 1. The molecule has 1 heterocycles. The molecule has 1 aromatic heterocycles. The van der Waals surface area contributed by atoms with Gasteiger partial charge in [-0.3, -0.25) is 4.79 Å². The minimum atomic E-state index is -1.02. The first kappa shape index (κ1) is 23.5. The molecule has 1 amide bonds. The molecule has 0 aliphatic heterocycles. The Balaban J connectivity index is 0.000000297. The molecule has 0 bridgehead atoms. The number of thioether (sulfide) groups is 1. The molecule has 0 aliphatic rings. The predicted octanol–water partition coefficient (Wildman–Crippen LogP) is 3.49. The topological polar surface area (TPSA) is 108 Å². The first-order valence-corrected chi connectivity index (χ1v) is 11.2. The van der Waals surface area contributed by atoms with Crippen molar-refractivity contribution in [3.63, 3.8) is 0 Å². The van der Waals surface area contributed by atoms with Crippen LogP contribution in [0.15, 0.2) is 54.7 Å². The highest BCUT2D eigenvalue weighted by atomic mass is 32.2. The van der Waals surface area contributed by atoms with Crippen LogP contribution in [0.4, 0.5) is 0 Å². The van der Waals surface area contributed by atoms with Crippen molar-refractivity contribution in [2.45, 2.75) is 32.4 Å². The van der Waals surface area contributed by atoms with Crippen molar-refractivity contribution in [3.8, 4) is 0 Å². The van der Waals surface area contributed by atoms with Crippen molar-refractivity contribution < 1.29 is 14.7 Å². The molecule has 5 N–H and O–H groups in total. The molecule has 0 radical (unpaired) electrons. The number of amides is 1. The predicted molar refractivity (Wildman–Crippen MR) is 124 cm³/mol. The fraction of sp³-hybridized carbons (Fsp3) is 0.304. The largest absolute Gasteiger partial charge is 0.480 e. The molecule has 6 nitrogen and oxygen atoms in total. The lowest BCUT2D eigenvalue weighted by molar-refractivity contribution is -0.141. The van der Waals surface area contributed by atoms with Gasteiger partial charge in [0.05, 0.1) is 0 Å². The number of para-hydroxylation sites is 1. The van der Waals surface area contributed by atoms with E-state index in [4.69, 9.17) is 5.73 Å². The van der Waals surface area contributed by atoms with Gasteiger partial charge >= 0.3 is 5.97 Å². The Kier molecular flexibility index (Phi) is 9.44. The highest BCUT2D eigenvalue weighted by molar-refractivity contribution is 7.98. The Morgan fingerprint density at radius 1 is 1.17 bits per heavy atom. The number of aromatic amines is 1. The number of nitrogens with two attached hydrogens (primary N) is 1. The molecule has 1 atom stereocenters. The lowest BCUT2D eigenvalue weighted by Crippen LogP contribution is -2.42. The van der Waals surface area contributed by atoms with Crippen LogP contribution in [0, 0.1) is 6.92 Å². The summed E-state index contributed by atoms with van der Waals surface area (Å²) < 4.78 is 0. The fourth-order valence-corrected chi connectivity index (χ4v) is 3.30. The monoisotopic (exact) mass is 427 g/mol. The molecule has 3 aromatic rings. The Morgan fingerprint density at radius 3 is 2.50 bits per heavy atom. The average molecular weight is 428 g/mol. The van der Waals surface area contributed by atoms with E-state index < -0.39 is 12.0 Å². The van der Waals surface area contributed by atoms with Gasteiger partial charge in [-0.25, -0.2) is 4.79 Å². The molecule has 0 fully saturated rings. The molecule has 0 aliphatic carbocycles. The summed E-state index contributed by atoms with van der Waals surface area (Å²) >= 11 is 1.56. The number of carboxylic acids is 1. The fourth-order valence-electron chi connectivity index (χ4n) is 2.91. The minimum absolute atomic E-state index is 0.225. The van der Waals surface area contributed by atoms with Gasteiger partial charge in [-0.05, 0) is 30.4 Å². The second kappa shape index (κ2) is 12.0. The molecule has 0 saturated carbocycles. The van der Waals surface area contributed by atoms with Crippen LogP contribution >= 0.6 is 11.8 Å². The van der Waals surface area contributed by atoms with Crippen LogP contribution in [-0.2, 0) is 22.6 Å². The summed E-state index contributed by atoms with van der Waals surface area (Å²) in [5, 5.41) is 12.9. The van der Waals surface area contributed by atoms with Gasteiger partial charge < -0.3 is 21.1 Å². The molecular weight excluding hydrogens is 398 g/mol. The van der Waals surface area contributed by atoms with Crippen molar-refractivity contribution in [2.75, 3.05) is 12.0 Å². The first-order valence-electron chi connectivity index (χ1n) is 9.76. The zero-order valence-corrected chi connectivity index (χ0v) is 18.2. The van der Waals surface area contributed by atoms with Gasteiger partial charge in [0.2, 0.25) is 5.91 Å². The molecule has 160 valence electrons. The summed E-state index contributed by atoms with van der Waals surface area (Å²) in [7, 11) is 0. The standard InChI is InChI=1S/C15H18N2O3S.C8H11N/c1-21-7-6-14(18)17-13(15(19)20)8-10-9-16-12-5-3-2-4-11(10)12;1-7-2-4-8(6-9)5-3-7/h2-5,9,13,16H,6-8H2,1H3,(H,17,18)(H,19,20);2-5H,6,9H2,1H3/t13-;/m0./s1. The SMILES string of the molecule is CSCCC(=O)N[C@@H](Cc1c[nH]c2ccccc12)C(=O)O.Cc1ccc(CN)cc1. The molecule has 0 spiro atoms. The van der Waals surface area contributed by atoms with Crippen LogP contribution in [0.5, 0.6) is 0 Å². The van der Waals surface area contributed by atoms with Gasteiger partial charge in [-0.2, -0.15) is 11.8 Å². The maximum atomic E-state index is 11.7.